The van der Waals surface area contributed by atoms with E-state index >= 15 is 0 Å². The normalized spacial score (nSPS) is 29.7. The number of rotatable bonds is 21. The van der Waals surface area contributed by atoms with E-state index in [0.29, 0.717) is 6.42 Å². The molecule has 15 nitrogen and oxygen atoms in total. The van der Waals surface area contributed by atoms with Crippen LogP contribution in [0.1, 0.15) is 106 Å². The second-order valence-electron chi connectivity index (χ2n) is 14.1. The topological polar surface area (TPSA) is 214 Å². The maximum Gasteiger partial charge on any atom is 0.308 e. The summed E-state index contributed by atoms with van der Waals surface area (Å²) >= 11 is 0. The summed E-state index contributed by atoms with van der Waals surface area (Å²) < 4.78 is 40.8. The van der Waals surface area contributed by atoms with Crippen molar-refractivity contribution < 1.29 is 72.8 Å². The lowest BCUT2D eigenvalue weighted by Crippen LogP contribution is -2.65. The highest BCUT2D eigenvalue weighted by Gasteiger charge is 2.62. The van der Waals surface area contributed by atoms with Gasteiger partial charge in [0.1, 0.15) is 24.9 Å². The van der Waals surface area contributed by atoms with Crippen LogP contribution >= 0.6 is 0 Å². The van der Waals surface area contributed by atoms with Crippen molar-refractivity contribution in [3.05, 3.63) is 0 Å². The summed E-state index contributed by atoms with van der Waals surface area (Å²) in [4.78, 5) is 52.0. The number of ether oxygens (including phenoxy) is 7. The van der Waals surface area contributed by atoms with Crippen LogP contribution in [0, 0.1) is 17.8 Å². The van der Waals surface area contributed by atoms with Gasteiger partial charge in [0.15, 0.2) is 24.4 Å². The molecule has 0 aromatic carbocycles. The van der Waals surface area contributed by atoms with E-state index in [-0.39, 0.29) is 18.8 Å². The minimum Gasteiger partial charge on any atom is -0.455 e. The van der Waals surface area contributed by atoms with Gasteiger partial charge in [-0.25, -0.2) is 0 Å². The number of carbonyl (C=O) groups is 4. The average molecular weight is 721 g/mol. The molecule has 0 unspecified atom stereocenters. The molecule has 2 aliphatic heterocycles. The Morgan fingerprint density at radius 1 is 0.700 bits per heavy atom. The lowest BCUT2D eigenvalue weighted by molar-refractivity contribution is -0.384. The third-order valence-electron chi connectivity index (χ3n) is 8.50. The van der Waals surface area contributed by atoms with Gasteiger partial charge in [0, 0.05) is 12.8 Å². The molecule has 290 valence electrons. The molecule has 0 saturated carbocycles. The van der Waals surface area contributed by atoms with Crippen molar-refractivity contribution in [2.24, 2.45) is 17.8 Å². The van der Waals surface area contributed by atoms with Gasteiger partial charge in [-0.15, -0.1) is 0 Å². The molecule has 0 aliphatic carbocycles. The highest BCUT2D eigenvalue weighted by Crippen LogP contribution is 2.40. The van der Waals surface area contributed by atoms with Crippen LogP contribution in [0.4, 0.5) is 0 Å². The zero-order valence-electron chi connectivity index (χ0n) is 30.6. The zero-order valence-corrected chi connectivity index (χ0v) is 30.6. The van der Waals surface area contributed by atoms with Crippen LogP contribution in [0.3, 0.4) is 0 Å². The van der Waals surface area contributed by atoms with Crippen molar-refractivity contribution in [2.45, 2.75) is 161 Å². The fourth-order valence-electron chi connectivity index (χ4n) is 5.63. The molecule has 4 N–H and O–H groups in total. The van der Waals surface area contributed by atoms with Gasteiger partial charge in [0.25, 0.3) is 0 Å². The third-order valence-corrected chi connectivity index (χ3v) is 8.50. The first-order chi connectivity index (χ1) is 23.6. The lowest BCUT2D eigenvalue weighted by Gasteiger charge is -2.46. The summed E-state index contributed by atoms with van der Waals surface area (Å²) in [7, 11) is 0. The average Bonchev–Trinajstić information content (AvgIpc) is 3.32. The molecule has 0 amide bonds. The van der Waals surface area contributed by atoms with Gasteiger partial charge in [-0.1, -0.05) is 87.0 Å². The van der Waals surface area contributed by atoms with Crippen molar-refractivity contribution in [2.75, 3.05) is 19.8 Å². The van der Waals surface area contributed by atoms with Crippen LogP contribution in [0.25, 0.3) is 0 Å². The van der Waals surface area contributed by atoms with Gasteiger partial charge in [0.2, 0.25) is 12.1 Å². The van der Waals surface area contributed by atoms with Crippen LogP contribution in [0.15, 0.2) is 0 Å². The maximum absolute atomic E-state index is 13.3. The summed E-state index contributed by atoms with van der Waals surface area (Å²) in [6, 6.07) is 0. The molecule has 9 atom stereocenters. The van der Waals surface area contributed by atoms with Gasteiger partial charge in [-0.2, -0.15) is 0 Å². The van der Waals surface area contributed by atoms with E-state index < -0.39 is 110 Å². The molecular weight excluding hydrogens is 660 g/mol. The van der Waals surface area contributed by atoms with Crippen LogP contribution in [0.5, 0.6) is 0 Å². The van der Waals surface area contributed by atoms with E-state index in [1.54, 1.807) is 41.5 Å². The molecule has 0 bridgehead atoms. The quantitative estimate of drug-likeness (QED) is 0.0761. The number of carbonyl (C=O) groups excluding carboxylic acids is 4. The molecule has 15 heteroatoms. The van der Waals surface area contributed by atoms with E-state index in [0.717, 1.165) is 38.5 Å². The fourth-order valence-corrected chi connectivity index (χ4v) is 5.63. The predicted octanol–water partition coefficient (Wildman–Crippen LogP) is 2.31. The maximum atomic E-state index is 13.3. The molecule has 2 fully saturated rings. The number of unbranched alkanes of at least 4 members (excludes halogenated alkanes) is 6. The number of esters is 4. The number of aliphatic hydroxyl groups is 4. The van der Waals surface area contributed by atoms with Crippen molar-refractivity contribution in [3.8, 4) is 0 Å². The number of aliphatic hydroxyl groups excluding tert-OH is 4. The van der Waals surface area contributed by atoms with Gasteiger partial charge in [-0.3, -0.25) is 19.2 Å². The Morgan fingerprint density at radius 2 is 1.26 bits per heavy atom. The van der Waals surface area contributed by atoms with Gasteiger partial charge in [-0.05, 0) is 12.3 Å². The molecule has 0 spiro atoms. The van der Waals surface area contributed by atoms with E-state index in [1.807, 2.05) is 0 Å². The summed E-state index contributed by atoms with van der Waals surface area (Å²) in [6.07, 6.45) is -6.26. The molecular formula is C35H60O15. The van der Waals surface area contributed by atoms with Crippen LogP contribution < -0.4 is 0 Å². The Morgan fingerprint density at radius 3 is 1.78 bits per heavy atom. The summed E-state index contributed by atoms with van der Waals surface area (Å²) in [5.74, 6) is -6.78. The monoisotopic (exact) mass is 720 g/mol. The highest BCUT2D eigenvalue weighted by molar-refractivity contribution is 5.73. The molecule has 2 saturated heterocycles. The Labute approximate surface area is 295 Å². The minimum absolute atomic E-state index is 0.0237. The minimum atomic E-state index is -2.39. The van der Waals surface area contributed by atoms with Gasteiger partial charge < -0.3 is 53.6 Å². The second-order valence-corrected chi connectivity index (χ2v) is 14.1. The summed E-state index contributed by atoms with van der Waals surface area (Å²) in [5, 5.41) is 42.0. The first-order valence-electron chi connectivity index (χ1n) is 18.0. The van der Waals surface area contributed by atoms with Crippen molar-refractivity contribution >= 4 is 23.9 Å². The fraction of sp³-hybridized carbons (Fsp3) is 0.886. The van der Waals surface area contributed by atoms with E-state index in [4.69, 9.17) is 33.2 Å². The SMILES string of the molecule is CCCCCCCCCC(=O)O[C@@H]1[C@@H](O[C@]2(CO)O[C@@H](CO)[C@H](O)[C@@H]2OC(=O)CC(C)C)O[C@@H](CO)[C@H](OC(=O)C(C)C)[C@H]1OC(=O)C(C)C. The molecule has 2 rings (SSSR count). The Hall–Kier alpha value is -2.40. The number of hydrogen-bond donors (Lipinski definition) is 4. The van der Waals surface area contributed by atoms with Crippen LogP contribution in [-0.4, -0.2) is 119 Å². The van der Waals surface area contributed by atoms with E-state index in [2.05, 4.69) is 6.92 Å². The van der Waals surface area contributed by atoms with E-state index in [1.165, 1.54) is 0 Å². The van der Waals surface area contributed by atoms with Gasteiger partial charge in [0.05, 0.1) is 25.0 Å². The summed E-state index contributed by atoms with van der Waals surface area (Å²) in [6.45, 7) is 9.35. The van der Waals surface area contributed by atoms with Gasteiger partial charge >= 0.3 is 23.9 Å². The Bertz CT molecular complexity index is 1060. The Balaban J connectivity index is 2.55. The molecule has 2 heterocycles. The molecule has 0 radical (unpaired) electrons. The first kappa shape index (κ1) is 43.8. The third kappa shape index (κ3) is 12.4. The van der Waals surface area contributed by atoms with Crippen LogP contribution in [-0.2, 0) is 52.3 Å². The molecule has 0 aromatic rings. The second kappa shape index (κ2) is 21.2. The van der Waals surface area contributed by atoms with Crippen molar-refractivity contribution in [1.29, 1.82) is 0 Å². The first-order valence-corrected chi connectivity index (χ1v) is 18.0. The smallest absolute Gasteiger partial charge is 0.308 e. The Kier molecular flexibility index (Phi) is 18.6. The molecule has 0 aromatic heterocycles. The van der Waals surface area contributed by atoms with Crippen molar-refractivity contribution in [3.63, 3.8) is 0 Å². The highest BCUT2D eigenvalue weighted by atomic mass is 16.8. The predicted molar refractivity (Wildman–Crippen MR) is 176 cm³/mol. The van der Waals surface area contributed by atoms with E-state index in [9.17, 15) is 39.6 Å². The molecule has 50 heavy (non-hydrogen) atoms. The van der Waals surface area contributed by atoms with Crippen LogP contribution in [0.2, 0.25) is 0 Å². The summed E-state index contributed by atoms with van der Waals surface area (Å²) in [5.41, 5.74) is 0. The van der Waals surface area contributed by atoms with Crippen molar-refractivity contribution in [1.82, 2.24) is 0 Å². The number of hydrogen-bond acceptors (Lipinski definition) is 15. The lowest BCUT2D eigenvalue weighted by atomic mass is 9.97. The largest absolute Gasteiger partial charge is 0.455 e. The zero-order chi connectivity index (χ0) is 37.6. The standard InChI is InChI=1S/C35H60O15/c1-8-9-10-11-12-13-14-15-25(39)45-30-29(48-33(43)22(6)7)28(47-32(42)21(4)5)24(18-37)44-34(30)50-35(19-38)31(27(41)23(17-36)49-35)46-26(40)16-20(2)3/h20-24,27-31,34,36-38,41H,8-19H2,1-7H3/t23-,24-,27-,28-,29+,30-,31-,34+,35-/m0/s1. The molecule has 2 aliphatic rings.